The number of amides is 2. The summed E-state index contributed by atoms with van der Waals surface area (Å²) >= 11 is 0. The third kappa shape index (κ3) is 2.92. The molecule has 1 aliphatic heterocycles. The van der Waals surface area contributed by atoms with Gasteiger partial charge in [0.05, 0.1) is 0 Å². The summed E-state index contributed by atoms with van der Waals surface area (Å²) in [6, 6.07) is 0.692. The zero-order valence-corrected chi connectivity index (χ0v) is 10.9. The van der Waals surface area contributed by atoms with Crippen LogP contribution < -0.4 is 5.73 Å². The van der Waals surface area contributed by atoms with Crippen molar-refractivity contribution in [3.8, 4) is 0 Å². The molecule has 1 saturated carbocycles. The third-order valence-electron chi connectivity index (χ3n) is 4.19. The summed E-state index contributed by atoms with van der Waals surface area (Å²) in [5.74, 6) is 0.769. The van der Waals surface area contributed by atoms with Gasteiger partial charge in [-0.15, -0.1) is 0 Å². The molecule has 17 heavy (non-hydrogen) atoms. The normalized spacial score (nSPS) is 22.4. The first-order valence-electron chi connectivity index (χ1n) is 6.98. The second kappa shape index (κ2) is 5.71. The molecule has 0 spiro atoms. The van der Waals surface area contributed by atoms with Gasteiger partial charge in [-0.2, -0.15) is 0 Å². The second-order valence-electron chi connectivity index (χ2n) is 5.52. The number of likely N-dealkylation sites (tertiary alicyclic amines) is 1. The van der Waals surface area contributed by atoms with Gasteiger partial charge in [0.2, 0.25) is 0 Å². The number of hydrogen-bond acceptors (Lipinski definition) is 2. The smallest absolute Gasteiger partial charge is 0.320 e. The Kier molecular flexibility index (Phi) is 4.26. The Labute approximate surface area is 104 Å². The topological polar surface area (TPSA) is 49.6 Å². The van der Waals surface area contributed by atoms with Gasteiger partial charge in [-0.1, -0.05) is 6.92 Å². The molecule has 0 aromatic rings. The molecule has 0 aromatic heterocycles. The van der Waals surface area contributed by atoms with Gasteiger partial charge in [-0.25, -0.2) is 4.79 Å². The molecule has 2 N–H and O–H groups in total. The standard InChI is InChI=1S/C13H25N3O/c1-11-5-8-15(9-6-11)13(17)16(10-7-14)12-3-2-4-12/h11-12H,2-10,14H2,1H3. The molecule has 0 aromatic carbocycles. The van der Waals surface area contributed by atoms with Crippen LogP contribution in [0.4, 0.5) is 4.79 Å². The minimum Gasteiger partial charge on any atom is -0.329 e. The van der Waals surface area contributed by atoms with Gasteiger partial charge in [0, 0.05) is 32.2 Å². The van der Waals surface area contributed by atoms with Crippen LogP contribution >= 0.6 is 0 Å². The van der Waals surface area contributed by atoms with Crippen molar-refractivity contribution in [2.75, 3.05) is 26.2 Å². The van der Waals surface area contributed by atoms with Crippen molar-refractivity contribution in [2.24, 2.45) is 11.7 Å². The van der Waals surface area contributed by atoms with E-state index in [9.17, 15) is 4.79 Å². The average molecular weight is 239 g/mol. The maximum Gasteiger partial charge on any atom is 0.320 e. The molecule has 98 valence electrons. The fourth-order valence-electron chi connectivity index (χ4n) is 2.65. The van der Waals surface area contributed by atoms with Crippen molar-refractivity contribution in [1.29, 1.82) is 0 Å². The molecule has 0 bridgehead atoms. The van der Waals surface area contributed by atoms with Crippen LogP contribution in [0.1, 0.15) is 39.0 Å². The first-order chi connectivity index (χ1) is 8.22. The Morgan fingerprint density at radius 3 is 2.41 bits per heavy atom. The van der Waals surface area contributed by atoms with E-state index in [1.807, 2.05) is 9.80 Å². The summed E-state index contributed by atoms with van der Waals surface area (Å²) in [4.78, 5) is 16.5. The average Bonchev–Trinajstić information content (AvgIpc) is 2.26. The molecule has 4 heteroatoms. The maximum atomic E-state index is 12.4. The minimum absolute atomic E-state index is 0.229. The summed E-state index contributed by atoms with van der Waals surface area (Å²) in [6.45, 7) is 5.41. The zero-order chi connectivity index (χ0) is 12.3. The Bertz CT molecular complexity index is 257. The fraction of sp³-hybridized carbons (Fsp3) is 0.923. The van der Waals surface area contributed by atoms with E-state index in [1.165, 1.54) is 6.42 Å². The highest BCUT2D eigenvalue weighted by Gasteiger charge is 2.32. The quantitative estimate of drug-likeness (QED) is 0.814. The fourth-order valence-corrected chi connectivity index (χ4v) is 2.65. The lowest BCUT2D eigenvalue weighted by Crippen LogP contribution is -2.53. The van der Waals surface area contributed by atoms with E-state index < -0.39 is 0 Å². The van der Waals surface area contributed by atoms with E-state index in [1.54, 1.807) is 0 Å². The molecule has 1 saturated heterocycles. The van der Waals surface area contributed by atoms with Crippen LogP contribution in [0.15, 0.2) is 0 Å². The predicted octanol–water partition coefficient (Wildman–Crippen LogP) is 1.65. The molecule has 0 unspecified atom stereocenters. The van der Waals surface area contributed by atoms with Gasteiger partial charge in [-0.05, 0) is 38.0 Å². The number of carbonyl (C=O) groups excluding carboxylic acids is 1. The summed E-state index contributed by atoms with van der Waals surface area (Å²) in [7, 11) is 0. The van der Waals surface area contributed by atoms with Crippen LogP contribution in [-0.2, 0) is 0 Å². The first-order valence-corrected chi connectivity index (χ1v) is 6.98. The van der Waals surface area contributed by atoms with Crippen LogP contribution in [-0.4, -0.2) is 48.1 Å². The lowest BCUT2D eigenvalue weighted by atomic mass is 9.91. The van der Waals surface area contributed by atoms with Gasteiger partial charge < -0.3 is 15.5 Å². The van der Waals surface area contributed by atoms with Crippen LogP contribution in [0.5, 0.6) is 0 Å². The Hall–Kier alpha value is -0.770. The second-order valence-corrected chi connectivity index (χ2v) is 5.52. The number of piperidine rings is 1. The summed E-state index contributed by atoms with van der Waals surface area (Å²) < 4.78 is 0. The third-order valence-corrected chi connectivity index (χ3v) is 4.19. The molecular formula is C13H25N3O. The Balaban J connectivity index is 1.90. The number of nitrogens with zero attached hydrogens (tertiary/aromatic N) is 2. The Morgan fingerprint density at radius 1 is 1.29 bits per heavy atom. The molecule has 4 nitrogen and oxygen atoms in total. The highest BCUT2D eigenvalue weighted by molar-refractivity contribution is 5.75. The van der Waals surface area contributed by atoms with Gasteiger partial charge in [0.25, 0.3) is 0 Å². The molecule has 2 rings (SSSR count). The maximum absolute atomic E-state index is 12.4. The molecule has 2 aliphatic rings. The number of carbonyl (C=O) groups is 1. The molecular weight excluding hydrogens is 214 g/mol. The number of urea groups is 1. The van der Waals surface area contributed by atoms with Gasteiger partial charge in [-0.3, -0.25) is 0 Å². The number of nitrogens with two attached hydrogens (primary N) is 1. The van der Waals surface area contributed by atoms with Crippen molar-refractivity contribution < 1.29 is 4.79 Å². The van der Waals surface area contributed by atoms with Crippen molar-refractivity contribution in [3.05, 3.63) is 0 Å². The van der Waals surface area contributed by atoms with Gasteiger partial charge in [0.1, 0.15) is 0 Å². The van der Waals surface area contributed by atoms with E-state index in [4.69, 9.17) is 5.73 Å². The highest BCUT2D eigenvalue weighted by atomic mass is 16.2. The predicted molar refractivity (Wildman–Crippen MR) is 68.8 cm³/mol. The molecule has 1 heterocycles. The molecule has 2 fully saturated rings. The van der Waals surface area contributed by atoms with Crippen molar-refractivity contribution in [1.82, 2.24) is 9.80 Å². The molecule has 2 amide bonds. The summed E-state index contributed by atoms with van der Waals surface area (Å²) in [5.41, 5.74) is 5.62. The lowest BCUT2D eigenvalue weighted by Gasteiger charge is -2.41. The largest absolute Gasteiger partial charge is 0.329 e. The van der Waals surface area contributed by atoms with Crippen molar-refractivity contribution >= 4 is 6.03 Å². The monoisotopic (exact) mass is 239 g/mol. The zero-order valence-electron chi connectivity index (χ0n) is 10.9. The molecule has 1 aliphatic carbocycles. The van der Waals surface area contributed by atoms with Gasteiger partial charge in [0.15, 0.2) is 0 Å². The SMILES string of the molecule is CC1CCN(C(=O)N(CCN)C2CCC2)CC1. The highest BCUT2D eigenvalue weighted by Crippen LogP contribution is 2.26. The van der Waals surface area contributed by atoms with E-state index in [0.717, 1.165) is 51.2 Å². The van der Waals surface area contributed by atoms with Crippen LogP contribution in [0.25, 0.3) is 0 Å². The van der Waals surface area contributed by atoms with E-state index in [-0.39, 0.29) is 6.03 Å². The van der Waals surface area contributed by atoms with Gasteiger partial charge >= 0.3 is 6.03 Å². The lowest BCUT2D eigenvalue weighted by molar-refractivity contribution is 0.0966. The van der Waals surface area contributed by atoms with Crippen LogP contribution in [0, 0.1) is 5.92 Å². The van der Waals surface area contributed by atoms with Crippen LogP contribution in [0.2, 0.25) is 0 Å². The minimum atomic E-state index is 0.229. The summed E-state index contributed by atoms with van der Waals surface area (Å²) in [6.07, 6.45) is 5.88. The van der Waals surface area contributed by atoms with Crippen LogP contribution in [0.3, 0.4) is 0 Å². The van der Waals surface area contributed by atoms with E-state index in [2.05, 4.69) is 6.92 Å². The Morgan fingerprint density at radius 2 is 1.94 bits per heavy atom. The number of rotatable bonds is 3. The molecule has 0 atom stereocenters. The summed E-state index contributed by atoms with van der Waals surface area (Å²) in [5, 5.41) is 0. The van der Waals surface area contributed by atoms with E-state index >= 15 is 0 Å². The molecule has 0 radical (unpaired) electrons. The van der Waals surface area contributed by atoms with Crippen molar-refractivity contribution in [3.63, 3.8) is 0 Å². The van der Waals surface area contributed by atoms with E-state index in [0.29, 0.717) is 12.6 Å². The number of hydrogen-bond donors (Lipinski definition) is 1. The first kappa shape index (κ1) is 12.7. The van der Waals surface area contributed by atoms with Crippen molar-refractivity contribution in [2.45, 2.75) is 45.1 Å².